The Bertz CT molecular complexity index is 1160. The predicted molar refractivity (Wildman–Crippen MR) is 137 cm³/mol. The molecule has 1 aliphatic heterocycles. The van der Waals surface area contributed by atoms with Gasteiger partial charge in [0, 0.05) is 32.7 Å². The topological polar surface area (TPSA) is 36.3 Å². The maximum absolute atomic E-state index is 13.4. The molecule has 4 rings (SSSR count). The van der Waals surface area contributed by atoms with Gasteiger partial charge < -0.3 is 10.2 Å². The van der Waals surface area contributed by atoms with E-state index in [-0.39, 0.29) is 5.82 Å². The highest BCUT2D eigenvalue weighted by Gasteiger charge is 2.21. The summed E-state index contributed by atoms with van der Waals surface area (Å²) >= 11 is 17.9. The number of aromatic nitrogens is 2. The molecule has 1 aromatic heterocycles. The summed E-state index contributed by atoms with van der Waals surface area (Å²) < 4.78 is 15.4. The Morgan fingerprint density at radius 1 is 1.00 bits per heavy atom. The van der Waals surface area contributed by atoms with E-state index >= 15 is 0 Å². The second kappa shape index (κ2) is 10.4. The summed E-state index contributed by atoms with van der Waals surface area (Å²) in [6, 6.07) is 12.4. The summed E-state index contributed by atoms with van der Waals surface area (Å²) in [5.74, 6) is -0.193. The van der Waals surface area contributed by atoms with Crippen LogP contribution in [0.3, 0.4) is 0 Å². The molecule has 2 heterocycles. The SMILES string of the molecule is Cc1nn(Cc2ccc(Cl)c(Cl)c2)c(C)c1NC(=S)N1CCN(Cc2cccc(F)c2)CC1. The zero-order chi connectivity index (χ0) is 23.5. The number of hydrogen-bond acceptors (Lipinski definition) is 3. The Balaban J connectivity index is 1.35. The molecule has 0 bridgehead atoms. The number of aryl methyl sites for hydroxylation is 1. The predicted octanol–water partition coefficient (Wildman–Crippen LogP) is 5.51. The van der Waals surface area contributed by atoms with Crippen molar-refractivity contribution in [3.63, 3.8) is 0 Å². The molecule has 3 aromatic rings. The second-order valence-corrected chi connectivity index (χ2v) is 9.48. The van der Waals surface area contributed by atoms with E-state index in [4.69, 9.17) is 35.4 Å². The van der Waals surface area contributed by atoms with Gasteiger partial charge in [0.15, 0.2) is 5.11 Å². The largest absolute Gasteiger partial charge is 0.346 e. The first-order valence-corrected chi connectivity index (χ1v) is 12.0. The van der Waals surface area contributed by atoms with Crippen molar-refractivity contribution in [2.45, 2.75) is 26.9 Å². The maximum atomic E-state index is 13.4. The summed E-state index contributed by atoms with van der Waals surface area (Å²) in [6.07, 6.45) is 0. The van der Waals surface area contributed by atoms with Crippen molar-refractivity contribution < 1.29 is 4.39 Å². The number of thiocarbonyl (C=S) groups is 1. The smallest absolute Gasteiger partial charge is 0.173 e. The van der Waals surface area contributed by atoms with E-state index in [9.17, 15) is 4.39 Å². The fourth-order valence-corrected chi connectivity index (χ4v) is 4.64. The molecule has 0 aliphatic carbocycles. The number of piperazine rings is 1. The van der Waals surface area contributed by atoms with E-state index in [1.807, 2.05) is 36.7 Å². The molecule has 0 amide bonds. The first kappa shape index (κ1) is 24.0. The molecule has 0 saturated carbocycles. The highest BCUT2D eigenvalue weighted by molar-refractivity contribution is 7.80. The highest BCUT2D eigenvalue weighted by atomic mass is 35.5. The Labute approximate surface area is 209 Å². The van der Waals surface area contributed by atoms with E-state index < -0.39 is 0 Å². The van der Waals surface area contributed by atoms with E-state index in [1.165, 1.54) is 6.07 Å². The summed E-state index contributed by atoms with van der Waals surface area (Å²) in [6.45, 7) is 8.70. The lowest BCUT2D eigenvalue weighted by Crippen LogP contribution is -2.49. The quantitative estimate of drug-likeness (QED) is 0.462. The maximum Gasteiger partial charge on any atom is 0.173 e. The van der Waals surface area contributed by atoms with Crippen LogP contribution in [0.4, 0.5) is 10.1 Å². The van der Waals surface area contributed by atoms with Gasteiger partial charge in [-0.3, -0.25) is 9.58 Å². The van der Waals surface area contributed by atoms with E-state index in [2.05, 4.69) is 20.2 Å². The third-order valence-electron chi connectivity index (χ3n) is 5.88. The van der Waals surface area contributed by atoms with Crippen LogP contribution in [0.5, 0.6) is 0 Å². The summed E-state index contributed by atoms with van der Waals surface area (Å²) in [5.41, 5.74) is 4.84. The van der Waals surface area contributed by atoms with Gasteiger partial charge in [-0.1, -0.05) is 41.4 Å². The number of rotatable bonds is 5. The molecule has 174 valence electrons. The molecule has 33 heavy (non-hydrogen) atoms. The summed E-state index contributed by atoms with van der Waals surface area (Å²) in [7, 11) is 0. The van der Waals surface area contributed by atoms with Crippen molar-refractivity contribution >= 4 is 46.2 Å². The highest BCUT2D eigenvalue weighted by Crippen LogP contribution is 2.25. The van der Waals surface area contributed by atoms with Gasteiger partial charge in [-0.25, -0.2) is 4.39 Å². The summed E-state index contributed by atoms with van der Waals surface area (Å²) in [4.78, 5) is 4.49. The molecule has 0 atom stereocenters. The van der Waals surface area contributed by atoms with Crippen molar-refractivity contribution in [1.29, 1.82) is 0 Å². The van der Waals surface area contributed by atoms with Crippen molar-refractivity contribution in [2.75, 3.05) is 31.5 Å². The lowest BCUT2D eigenvalue weighted by Gasteiger charge is -2.36. The number of hydrogen-bond donors (Lipinski definition) is 1. The van der Waals surface area contributed by atoms with Gasteiger partial charge in [-0.05, 0) is 61.5 Å². The third-order valence-corrected chi connectivity index (χ3v) is 6.98. The van der Waals surface area contributed by atoms with Crippen LogP contribution in [0.25, 0.3) is 0 Å². The van der Waals surface area contributed by atoms with Crippen LogP contribution in [0.1, 0.15) is 22.5 Å². The lowest BCUT2D eigenvalue weighted by atomic mass is 10.2. The molecule has 0 radical (unpaired) electrons. The zero-order valence-corrected chi connectivity index (χ0v) is 20.9. The number of nitrogens with one attached hydrogen (secondary N) is 1. The van der Waals surface area contributed by atoms with Crippen LogP contribution in [-0.4, -0.2) is 50.9 Å². The molecule has 1 N–H and O–H groups in total. The minimum absolute atomic E-state index is 0.193. The summed E-state index contributed by atoms with van der Waals surface area (Å²) in [5, 5.41) is 9.86. The molecular formula is C24H26Cl2FN5S. The molecule has 0 spiro atoms. The number of nitrogens with zero attached hydrogens (tertiary/aromatic N) is 4. The van der Waals surface area contributed by atoms with Crippen LogP contribution in [-0.2, 0) is 13.1 Å². The van der Waals surface area contributed by atoms with Crippen LogP contribution in [0.2, 0.25) is 10.0 Å². The van der Waals surface area contributed by atoms with E-state index in [0.29, 0.717) is 21.7 Å². The van der Waals surface area contributed by atoms with Gasteiger partial charge in [0.25, 0.3) is 0 Å². The molecule has 1 aliphatic rings. The lowest BCUT2D eigenvalue weighted by molar-refractivity contribution is 0.177. The fourth-order valence-electron chi connectivity index (χ4n) is 4.03. The first-order chi connectivity index (χ1) is 15.8. The average molecular weight is 506 g/mol. The standard InChI is InChI=1S/C24H26Cl2FN5S/c1-16-23(17(2)32(29-16)15-19-6-7-21(25)22(26)13-19)28-24(33)31-10-8-30(9-11-31)14-18-4-3-5-20(27)12-18/h3-7,12-13H,8-11,14-15H2,1-2H3,(H,28,33). The monoisotopic (exact) mass is 505 g/mol. The van der Waals surface area contributed by atoms with Crippen molar-refractivity contribution in [3.8, 4) is 0 Å². The zero-order valence-electron chi connectivity index (χ0n) is 18.6. The van der Waals surface area contributed by atoms with Crippen LogP contribution in [0, 0.1) is 19.7 Å². The second-order valence-electron chi connectivity index (χ2n) is 8.28. The number of anilines is 1. The van der Waals surface area contributed by atoms with Crippen LogP contribution < -0.4 is 5.32 Å². The van der Waals surface area contributed by atoms with Crippen molar-refractivity contribution in [3.05, 3.63) is 80.8 Å². The molecule has 1 fully saturated rings. The average Bonchev–Trinajstić information content (AvgIpc) is 3.04. The Morgan fingerprint density at radius 2 is 1.73 bits per heavy atom. The van der Waals surface area contributed by atoms with Gasteiger partial charge >= 0.3 is 0 Å². The first-order valence-electron chi connectivity index (χ1n) is 10.8. The molecule has 9 heteroatoms. The van der Waals surface area contributed by atoms with Gasteiger partial charge in [0.05, 0.1) is 33.7 Å². The molecule has 0 unspecified atom stereocenters. The van der Waals surface area contributed by atoms with Crippen LogP contribution in [0.15, 0.2) is 42.5 Å². The Kier molecular flexibility index (Phi) is 7.54. The molecule has 5 nitrogen and oxygen atoms in total. The van der Waals surface area contributed by atoms with Gasteiger partial charge in [0.2, 0.25) is 0 Å². The van der Waals surface area contributed by atoms with Crippen molar-refractivity contribution in [2.24, 2.45) is 0 Å². The van der Waals surface area contributed by atoms with E-state index in [0.717, 1.165) is 60.9 Å². The Hall–Kier alpha value is -2.19. The minimum Gasteiger partial charge on any atom is -0.346 e. The van der Waals surface area contributed by atoms with Crippen molar-refractivity contribution in [1.82, 2.24) is 19.6 Å². The fraction of sp³-hybridized carbons (Fsp3) is 0.333. The number of halogens is 3. The molecular weight excluding hydrogens is 480 g/mol. The third kappa shape index (κ3) is 5.84. The molecule has 1 saturated heterocycles. The normalized spacial score (nSPS) is 14.5. The minimum atomic E-state index is -0.193. The molecule has 2 aromatic carbocycles. The van der Waals surface area contributed by atoms with Gasteiger partial charge in [0.1, 0.15) is 5.82 Å². The van der Waals surface area contributed by atoms with Crippen LogP contribution >= 0.6 is 35.4 Å². The Morgan fingerprint density at radius 3 is 2.42 bits per heavy atom. The number of benzene rings is 2. The van der Waals surface area contributed by atoms with Gasteiger partial charge in [-0.2, -0.15) is 5.10 Å². The van der Waals surface area contributed by atoms with E-state index in [1.54, 1.807) is 18.2 Å². The van der Waals surface area contributed by atoms with Gasteiger partial charge in [-0.15, -0.1) is 0 Å².